The lowest BCUT2D eigenvalue weighted by molar-refractivity contribution is -0.148. The topological polar surface area (TPSA) is 51.2 Å². The Hall–Kier alpha value is -1.25. The number of allylic oxidation sites excluding steroid dienone is 1. The van der Waals surface area contributed by atoms with Crippen molar-refractivity contribution < 1.29 is 14.4 Å². The number of rotatable bonds is 1. The molecule has 3 heteroatoms. The third-order valence-corrected chi connectivity index (χ3v) is 8.45. The van der Waals surface area contributed by atoms with E-state index in [9.17, 15) is 14.4 Å². The third-order valence-electron chi connectivity index (χ3n) is 8.45. The summed E-state index contributed by atoms with van der Waals surface area (Å²) in [6.45, 7) is 8.14. The summed E-state index contributed by atoms with van der Waals surface area (Å²) < 4.78 is 0. The van der Waals surface area contributed by atoms with Gasteiger partial charge in [0.15, 0.2) is 5.78 Å². The summed E-state index contributed by atoms with van der Waals surface area (Å²) >= 11 is 0. The molecule has 0 heterocycles. The van der Waals surface area contributed by atoms with Crippen LogP contribution in [0.1, 0.15) is 66.2 Å². The average Bonchev–Trinajstić information content (AvgIpc) is 2.85. The quantitative estimate of drug-likeness (QED) is 0.719. The molecule has 0 aromatic heterocycles. The van der Waals surface area contributed by atoms with E-state index in [-0.39, 0.29) is 40.2 Å². The molecular formula is C22H30O3. The molecule has 4 aliphatic carbocycles. The maximum atomic E-state index is 13.4. The van der Waals surface area contributed by atoms with Crippen molar-refractivity contribution in [3.63, 3.8) is 0 Å². The molecular weight excluding hydrogens is 312 g/mol. The van der Waals surface area contributed by atoms with Crippen LogP contribution in [-0.2, 0) is 14.4 Å². The van der Waals surface area contributed by atoms with E-state index in [2.05, 4.69) is 13.8 Å². The van der Waals surface area contributed by atoms with Gasteiger partial charge in [0.2, 0.25) is 0 Å². The lowest BCUT2D eigenvalue weighted by Gasteiger charge is -2.57. The standard InChI is InChI=1S/C22H30O3/c1-12-10-21(3)14(9-18(12)24)5-6-15-17-8-7-16(13(2)23)22(17,4)11-19(25)20(15)21/h9,12,15-17,20H,5-8,10-11H2,1-4H3. The number of Topliss-reactive ketones (excluding diaryl/α,β-unsaturated/α-hetero) is 2. The van der Waals surface area contributed by atoms with Gasteiger partial charge in [0.25, 0.3) is 0 Å². The maximum Gasteiger partial charge on any atom is 0.158 e. The molecule has 0 N–H and O–H groups in total. The molecule has 0 saturated heterocycles. The molecule has 0 aromatic carbocycles. The Bertz CT molecular complexity index is 689. The Labute approximate surface area is 150 Å². The highest BCUT2D eigenvalue weighted by Gasteiger charge is 2.63. The van der Waals surface area contributed by atoms with Crippen LogP contribution >= 0.6 is 0 Å². The van der Waals surface area contributed by atoms with Gasteiger partial charge in [-0.15, -0.1) is 0 Å². The molecule has 136 valence electrons. The van der Waals surface area contributed by atoms with Gasteiger partial charge in [0, 0.05) is 24.2 Å². The van der Waals surface area contributed by atoms with Crippen molar-refractivity contribution in [3.05, 3.63) is 11.6 Å². The van der Waals surface area contributed by atoms with Gasteiger partial charge in [0.05, 0.1) is 0 Å². The third kappa shape index (κ3) is 2.20. The Morgan fingerprint density at radius 2 is 1.88 bits per heavy atom. The van der Waals surface area contributed by atoms with E-state index in [1.807, 2.05) is 13.0 Å². The molecule has 7 atom stereocenters. The Morgan fingerprint density at radius 3 is 2.56 bits per heavy atom. The highest BCUT2D eigenvalue weighted by molar-refractivity contribution is 5.94. The molecule has 0 radical (unpaired) electrons. The fourth-order valence-corrected chi connectivity index (χ4v) is 7.39. The zero-order chi connectivity index (χ0) is 18.1. The number of carbonyl (C=O) groups excluding carboxylic acids is 3. The molecule has 7 unspecified atom stereocenters. The average molecular weight is 342 g/mol. The van der Waals surface area contributed by atoms with Crippen molar-refractivity contribution in [1.82, 2.24) is 0 Å². The van der Waals surface area contributed by atoms with Crippen molar-refractivity contribution >= 4 is 17.3 Å². The molecule has 4 rings (SSSR count). The van der Waals surface area contributed by atoms with E-state index in [1.165, 1.54) is 5.57 Å². The predicted molar refractivity (Wildman–Crippen MR) is 95.8 cm³/mol. The number of fused-ring (bicyclic) bond motifs is 5. The minimum absolute atomic E-state index is 0.0159. The van der Waals surface area contributed by atoms with Crippen LogP contribution in [-0.4, -0.2) is 17.3 Å². The first-order valence-electron chi connectivity index (χ1n) is 9.96. The largest absolute Gasteiger partial charge is 0.300 e. The van der Waals surface area contributed by atoms with E-state index in [1.54, 1.807) is 6.92 Å². The lowest BCUT2D eigenvalue weighted by atomic mass is 9.45. The molecule has 0 amide bonds. The lowest BCUT2D eigenvalue weighted by Crippen LogP contribution is -2.56. The molecule has 3 nitrogen and oxygen atoms in total. The molecule has 0 bridgehead atoms. The zero-order valence-corrected chi connectivity index (χ0v) is 15.9. The molecule has 25 heavy (non-hydrogen) atoms. The second-order valence-electron chi connectivity index (χ2n) is 9.77. The summed E-state index contributed by atoms with van der Waals surface area (Å²) in [6, 6.07) is 0. The van der Waals surface area contributed by atoms with Crippen LogP contribution in [0.2, 0.25) is 0 Å². The number of ketones is 3. The van der Waals surface area contributed by atoms with Crippen LogP contribution in [0.3, 0.4) is 0 Å². The summed E-state index contributed by atoms with van der Waals surface area (Å²) in [5, 5.41) is 0. The van der Waals surface area contributed by atoms with Crippen molar-refractivity contribution in [2.45, 2.75) is 66.2 Å². The van der Waals surface area contributed by atoms with Gasteiger partial charge < -0.3 is 0 Å². The highest BCUT2D eigenvalue weighted by Crippen LogP contribution is 2.65. The summed E-state index contributed by atoms with van der Waals surface area (Å²) in [6.07, 6.45) is 7.20. The second kappa shape index (κ2) is 5.37. The normalized spacial score (nSPS) is 49.1. The fourth-order valence-electron chi connectivity index (χ4n) is 7.39. The summed E-state index contributed by atoms with van der Waals surface area (Å²) in [7, 11) is 0. The second-order valence-corrected chi connectivity index (χ2v) is 9.77. The van der Waals surface area contributed by atoms with Crippen LogP contribution in [0.15, 0.2) is 11.6 Å². The van der Waals surface area contributed by atoms with E-state index < -0.39 is 0 Å². The molecule has 0 aromatic rings. The molecule has 3 fully saturated rings. The van der Waals surface area contributed by atoms with E-state index in [4.69, 9.17) is 0 Å². The fraction of sp³-hybridized carbons (Fsp3) is 0.773. The Morgan fingerprint density at radius 1 is 1.16 bits per heavy atom. The minimum Gasteiger partial charge on any atom is -0.300 e. The van der Waals surface area contributed by atoms with Gasteiger partial charge in [-0.25, -0.2) is 0 Å². The van der Waals surface area contributed by atoms with Gasteiger partial charge >= 0.3 is 0 Å². The molecule has 3 saturated carbocycles. The first kappa shape index (κ1) is 17.2. The monoisotopic (exact) mass is 342 g/mol. The minimum atomic E-state index is -0.150. The van der Waals surface area contributed by atoms with Crippen LogP contribution in [0.25, 0.3) is 0 Å². The van der Waals surface area contributed by atoms with Gasteiger partial charge in [-0.1, -0.05) is 26.3 Å². The van der Waals surface area contributed by atoms with Gasteiger partial charge in [-0.2, -0.15) is 0 Å². The van der Waals surface area contributed by atoms with Gasteiger partial charge in [-0.3, -0.25) is 14.4 Å². The van der Waals surface area contributed by atoms with Crippen molar-refractivity contribution in [2.75, 3.05) is 0 Å². The van der Waals surface area contributed by atoms with Gasteiger partial charge in [-0.05, 0) is 67.8 Å². The van der Waals surface area contributed by atoms with Crippen molar-refractivity contribution in [2.24, 2.45) is 40.4 Å². The summed E-state index contributed by atoms with van der Waals surface area (Å²) in [5.74, 6) is 1.83. The van der Waals surface area contributed by atoms with E-state index in [0.717, 1.165) is 32.1 Å². The highest BCUT2D eigenvalue weighted by atomic mass is 16.1. The number of hydrogen-bond donors (Lipinski definition) is 0. The van der Waals surface area contributed by atoms with Crippen molar-refractivity contribution in [3.8, 4) is 0 Å². The predicted octanol–water partition coefficient (Wildman–Crippen LogP) is 4.15. The Kier molecular flexibility index (Phi) is 3.69. The molecule has 0 aliphatic heterocycles. The Balaban J connectivity index is 1.74. The van der Waals surface area contributed by atoms with E-state index >= 15 is 0 Å². The summed E-state index contributed by atoms with van der Waals surface area (Å²) in [4.78, 5) is 37.7. The smallest absolute Gasteiger partial charge is 0.158 e. The van der Waals surface area contributed by atoms with Crippen LogP contribution in [0.4, 0.5) is 0 Å². The first-order valence-corrected chi connectivity index (χ1v) is 9.96. The van der Waals surface area contributed by atoms with Crippen LogP contribution in [0, 0.1) is 40.4 Å². The summed E-state index contributed by atoms with van der Waals surface area (Å²) in [5.41, 5.74) is 0.927. The van der Waals surface area contributed by atoms with Crippen molar-refractivity contribution in [1.29, 1.82) is 0 Å². The molecule has 0 spiro atoms. The molecule has 4 aliphatic rings. The van der Waals surface area contributed by atoms with Crippen LogP contribution < -0.4 is 0 Å². The first-order chi connectivity index (χ1) is 11.7. The maximum absolute atomic E-state index is 13.4. The van der Waals surface area contributed by atoms with Crippen LogP contribution in [0.5, 0.6) is 0 Å². The number of carbonyl (C=O) groups is 3. The SMILES string of the molecule is CC(=O)C1CCC2C3CCC4=CC(=O)C(C)CC4(C)C3C(=O)CC12C. The van der Waals surface area contributed by atoms with E-state index in [0.29, 0.717) is 24.0 Å². The zero-order valence-electron chi connectivity index (χ0n) is 15.9. The number of hydrogen-bond acceptors (Lipinski definition) is 3. The van der Waals surface area contributed by atoms with Gasteiger partial charge in [0.1, 0.15) is 11.6 Å².